The SMILES string of the molecule is Cc1ccc2cc(CNC(CO)(CO)CO)ccc2n1. The molecule has 0 spiro atoms. The largest absolute Gasteiger partial charge is 0.394 e. The van der Waals surface area contributed by atoms with Gasteiger partial charge >= 0.3 is 0 Å². The quantitative estimate of drug-likeness (QED) is 0.612. The first-order valence-electron chi connectivity index (χ1n) is 6.56. The van der Waals surface area contributed by atoms with Gasteiger partial charge in [0.1, 0.15) is 0 Å². The van der Waals surface area contributed by atoms with Crippen molar-refractivity contribution in [1.82, 2.24) is 10.3 Å². The molecule has 0 amide bonds. The zero-order valence-corrected chi connectivity index (χ0v) is 11.5. The minimum atomic E-state index is -1.06. The average Bonchev–Trinajstić information content (AvgIpc) is 2.49. The summed E-state index contributed by atoms with van der Waals surface area (Å²) in [5.41, 5.74) is 1.86. The maximum absolute atomic E-state index is 9.26. The summed E-state index contributed by atoms with van der Waals surface area (Å²) in [6, 6.07) is 9.86. The Balaban J connectivity index is 2.16. The van der Waals surface area contributed by atoms with Gasteiger partial charge in [0.2, 0.25) is 0 Å². The smallest absolute Gasteiger partial charge is 0.0884 e. The standard InChI is InChI=1S/C15H20N2O3/c1-11-2-4-13-6-12(3-5-14(13)17-11)7-16-15(8-18,9-19)10-20/h2-6,16,18-20H,7-10H2,1H3. The van der Waals surface area contributed by atoms with Gasteiger partial charge in [-0.2, -0.15) is 0 Å². The van der Waals surface area contributed by atoms with Crippen LogP contribution in [-0.4, -0.2) is 45.7 Å². The molecule has 2 aromatic rings. The second kappa shape index (κ2) is 6.28. The molecular weight excluding hydrogens is 256 g/mol. The Kier molecular flexibility index (Phi) is 4.67. The Labute approximate surface area is 117 Å². The van der Waals surface area contributed by atoms with Crippen LogP contribution in [0.5, 0.6) is 0 Å². The first-order valence-corrected chi connectivity index (χ1v) is 6.56. The second-order valence-corrected chi connectivity index (χ2v) is 5.09. The molecule has 5 nitrogen and oxygen atoms in total. The van der Waals surface area contributed by atoms with Crippen LogP contribution in [0.4, 0.5) is 0 Å². The maximum Gasteiger partial charge on any atom is 0.0884 e. The molecule has 5 heteroatoms. The normalized spacial score (nSPS) is 12.0. The molecule has 0 radical (unpaired) electrons. The Morgan fingerprint density at radius 3 is 2.40 bits per heavy atom. The fraction of sp³-hybridized carbons (Fsp3) is 0.400. The molecule has 0 aliphatic heterocycles. The second-order valence-electron chi connectivity index (χ2n) is 5.09. The third-order valence-electron chi connectivity index (χ3n) is 3.47. The van der Waals surface area contributed by atoms with E-state index in [0.29, 0.717) is 6.54 Å². The molecule has 0 bridgehead atoms. The number of aliphatic hydroxyl groups is 3. The third-order valence-corrected chi connectivity index (χ3v) is 3.47. The van der Waals surface area contributed by atoms with Crippen LogP contribution in [0.3, 0.4) is 0 Å². The molecule has 0 atom stereocenters. The van der Waals surface area contributed by atoms with E-state index in [0.717, 1.165) is 22.2 Å². The number of nitrogens with one attached hydrogen (secondary N) is 1. The van der Waals surface area contributed by atoms with Crippen LogP contribution >= 0.6 is 0 Å². The van der Waals surface area contributed by atoms with Crippen LogP contribution in [-0.2, 0) is 6.54 Å². The van der Waals surface area contributed by atoms with E-state index in [4.69, 9.17) is 0 Å². The summed E-state index contributed by atoms with van der Waals surface area (Å²) in [6.45, 7) is 1.43. The van der Waals surface area contributed by atoms with E-state index in [2.05, 4.69) is 10.3 Å². The van der Waals surface area contributed by atoms with Crippen molar-refractivity contribution in [3.8, 4) is 0 Å². The van der Waals surface area contributed by atoms with Gasteiger partial charge in [-0.15, -0.1) is 0 Å². The number of benzene rings is 1. The van der Waals surface area contributed by atoms with Crippen molar-refractivity contribution in [2.24, 2.45) is 0 Å². The molecule has 0 unspecified atom stereocenters. The fourth-order valence-electron chi connectivity index (χ4n) is 1.99. The third kappa shape index (κ3) is 3.13. The van der Waals surface area contributed by atoms with E-state index in [1.165, 1.54) is 0 Å². The highest BCUT2D eigenvalue weighted by molar-refractivity contribution is 5.79. The summed E-state index contributed by atoms with van der Waals surface area (Å²) in [7, 11) is 0. The molecule has 0 saturated heterocycles. The summed E-state index contributed by atoms with van der Waals surface area (Å²) in [4.78, 5) is 4.43. The van der Waals surface area contributed by atoms with Crippen molar-refractivity contribution in [2.45, 2.75) is 19.0 Å². The van der Waals surface area contributed by atoms with Crippen molar-refractivity contribution in [3.63, 3.8) is 0 Å². The molecule has 1 heterocycles. The summed E-state index contributed by atoms with van der Waals surface area (Å²) >= 11 is 0. The number of hydrogen-bond acceptors (Lipinski definition) is 5. The van der Waals surface area contributed by atoms with E-state index in [1.807, 2.05) is 37.3 Å². The number of aliphatic hydroxyl groups excluding tert-OH is 3. The number of rotatable bonds is 6. The topological polar surface area (TPSA) is 85.6 Å². The van der Waals surface area contributed by atoms with Gasteiger partial charge in [0, 0.05) is 17.6 Å². The van der Waals surface area contributed by atoms with Crippen LogP contribution in [0.2, 0.25) is 0 Å². The van der Waals surface area contributed by atoms with Crippen molar-refractivity contribution in [1.29, 1.82) is 0 Å². The number of aryl methyl sites for hydroxylation is 1. The number of nitrogens with zero attached hydrogens (tertiary/aromatic N) is 1. The molecule has 1 aromatic heterocycles. The number of fused-ring (bicyclic) bond motifs is 1. The molecule has 0 saturated carbocycles. The summed E-state index contributed by atoms with van der Waals surface area (Å²) < 4.78 is 0. The van der Waals surface area contributed by atoms with Gasteiger partial charge in [-0.1, -0.05) is 12.1 Å². The minimum Gasteiger partial charge on any atom is -0.394 e. The average molecular weight is 276 g/mol. The van der Waals surface area contributed by atoms with Crippen molar-refractivity contribution < 1.29 is 15.3 Å². The predicted octanol–water partition coefficient (Wildman–Crippen LogP) is 0.349. The van der Waals surface area contributed by atoms with Crippen LogP contribution in [0.1, 0.15) is 11.3 Å². The van der Waals surface area contributed by atoms with Gasteiger partial charge < -0.3 is 20.6 Å². The minimum absolute atomic E-state index is 0.325. The van der Waals surface area contributed by atoms with E-state index < -0.39 is 5.54 Å². The van der Waals surface area contributed by atoms with E-state index in [1.54, 1.807) is 0 Å². The predicted molar refractivity (Wildman–Crippen MR) is 77.3 cm³/mol. The first kappa shape index (κ1) is 14.9. The summed E-state index contributed by atoms with van der Waals surface area (Å²) in [6.07, 6.45) is 0. The number of hydrogen-bond donors (Lipinski definition) is 4. The van der Waals surface area contributed by atoms with Gasteiger partial charge in [-0.25, -0.2) is 0 Å². The lowest BCUT2D eigenvalue weighted by molar-refractivity contribution is 0.0414. The van der Waals surface area contributed by atoms with Crippen molar-refractivity contribution >= 4 is 10.9 Å². The highest BCUT2D eigenvalue weighted by atomic mass is 16.3. The molecule has 0 aliphatic carbocycles. The Morgan fingerprint density at radius 2 is 1.75 bits per heavy atom. The van der Waals surface area contributed by atoms with E-state index in [-0.39, 0.29) is 19.8 Å². The Morgan fingerprint density at radius 1 is 1.05 bits per heavy atom. The maximum atomic E-state index is 9.26. The van der Waals surface area contributed by atoms with Gasteiger partial charge in [0.25, 0.3) is 0 Å². The fourth-order valence-corrected chi connectivity index (χ4v) is 1.99. The lowest BCUT2D eigenvalue weighted by Gasteiger charge is -2.28. The number of pyridine rings is 1. The van der Waals surface area contributed by atoms with Gasteiger partial charge in [0.05, 0.1) is 30.9 Å². The molecule has 2 rings (SSSR count). The molecule has 4 N–H and O–H groups in total. The molecular formula is C15H20N2O3. The number of aromatic nitrogens is 1. The summed E-state index contributed by atoms with van der Waals surface area (Å²) in [5.74, 6) is 0. The summed E-state index contributed by atoms with van der Waals surface area (Å²) in [5, 5.41) is 31.8. The van der Waals surface area contributed by atoms with Gasteiger partial charge in [0.15, 0.2) is 0 Å². The molecule has 1 aromatic carbocycles. The van der Waals surface area contributed by atoms with Gasteiger partial charge in [-0.05, 0) is 30.7 Å². The van der Waals surface area contributed by atoms with Crippen molar-refractivity contribution in [2.75, 3.05) is 19.8 Å². The van der Waals surface area contributed by atoms with Crippen molar-refractivity contribution in [3.05, 3.63) is 41.6 Å². The Hall–Kier alpha value is -1.53. The highest BCUT2D eigenvalue weighted by Crippen LogP contribution is 2.15. The van der Waals surface area contributed by atoms with Crippen LogP contribution in [0, 0.1) is 6.92 Å². The van der Waals surface area contributed by atoms with Crippen LogP contribution in [0.25, 0.3) is 10.9 Å². The Bertz CT molecular complexity index is 574. The zero-order valence-electron chi connectivity index (χ0n) is 11.5. The molecule has 0 fully saturated rings. The van der Waals surface area contributed by atoms with Crippen LogP contribution < -0.4 is 5.32 Å². The highest BCUT2D eigenvalue weighted by Gasteiger charge is 2.26. The molecule has 20 heavy (non-hydrogen) atoms. The molecule has 0 aliphatic rings. The lowest BCUT2D eigenvalue weighted by atomic mass is 10.0. The zero-order chi connectivity index (χ0) is 14.6. The first-order chi connectivity index (χ1) is 9.62. The van der Waals surface area contributed by atoms with E-state index >= 15 is 0 Å². The van der Waals surface area contributed by atoms with Gasteiger partial charge in [-0.3, -0.25) is 4.98 Å². The van der Waals surface area contributed by atoms with Crippen LogP contribution in [0.15, 0.2) is 30.3 Å². The lowest BCUT2D eigenvalue weighted by Crippen LogP contribution is -2.54. The monoisotopic (exact) mass is 276 g/mol. The molecule has 108 valence electrons. The van der Waals surface area contributed by atoms with E-state index in [9.17, 15) is 15.3 Å².